The molecule has 0 spiro atoms. The molecule has 0 saturated heterocycles. The van der Waals surface area contributed by atoms with Gasteiger partial charge in [0.05, 0.1) is 24.7 Å². The zero-order valence-electron chi connectivity index (χ0n) is 13.8. The molecule has 26 heavy (non-hydrogen) atoms. The van der Waals surface area contributed by atoms with E-state index in [0.717, 1.165) is 12.1 Å². The Morgan fingerprint density at radius 2 is 1.69 bits per heavy atom. The number of benzene rings is 2. The second-order valence-corrected chi connectivity index (χ2v) is 5.48. The molecule has 0 unspecified atom stereocenters. The number of carbonyl (C=O) groups excluding carboxylic acids is 1. The van der Waals surface area contributed by atoms with Crippen molar-refractivity contribution in [3.63, 3.8) is 0 Å². The van der Waals surface area contributed by atoms with Crippen molar-refractivity contribution in [2.75, 3.05) is 7.11 Å². The predicted molar refractivity (Wildman–Crippen MR) is 86.9 cm³/mol. The summed E-state index contributed by atoms with van der Waals surface area (Å²) in [5.74, 6) is -1.29. The number of aliphatic carboxylic acids is 1. The zero-order valence-corrected chi connectivity index (χ0v) is 13.8. The first-order valence-electron chi connectivity index (χ1n) is 7.53. The fraction of sp³-hybridized carbons (Fsp3) is 0.222. The zero-order chi connectivity index (χ0) is 19.3. The van der Waals surface area contributed by atoms with Crippen molar-refractivity contribution in [2.45, 2.75) is 19.1 Å². The van der Waals surface area contributed by atoms with Gasteiger partial charge in [0.15, 0.2) is 0 Å². The predicted octanol–water partition coefficient (Wildman–Crippen LogP) is 3.27. The van der Waals surface area contributed by atoms with E-state index in [0.29, 0.717) is 11.1 Å². The molecule has 0 atom stereocenters. The molecule has 8 heteroatoms. The lowest BCUT2D eigenvalue weighted by Crippen LogP contribution is -2.23. The van der Waals surface area contributed by atoms with Crippen LogP contribution in [0.2, 0.25) is 0 Å². The minimum atomic E-state index is -4.42. The number of amides is 1. The first kappa shape index (κ1) is 19.3. The molecule has 1 amide bonds. The Bertz CT molecular complexity index is 801. The number of nitrogens with one attached hydrogen (secondary N) is 1. The van der Waals surface area contributed by atoms with Gasteiger partial charge in [-0.1, -0.05) is 18.2 Å². The van der Waals surface area contributed by atoms with Gasteiger partial charge in [-0.3, -0.25) is 9.59 Å². The van der Waals surface area contributed by atoms with Gasteiger partial charge in [-0.25, -0.2) is 0 Å². The summed E-state index contributed by atoms with van der Waals surface area (Å²) in [5, 5.41) is 11.4. The van der Waals surface area contributed by atoms with E-state index in [1.165, 1.54) is 31.4 Å². The van der Waals surface area contributed by atoms with Gasteiger partial charge in [-0.2, -0.15) is 13.2 Å². The van der Waals surface area contributed by atoms with Crippen LogP contribution in [0.4, 0.5) is 13.2 Å². The summed E-state index contributed by atoms with van der Waals surface area (Å²) >= 11 is 0. The summed E-state index contributed by atoms with van der Waals surface area (Å²) < 4.78 is 42.7. The lowest BCUT2D eigenvalue weighted by Gasteiger charge is -2.11. The van der Waals surface area contributed by atoms with Gasteiger partial charge in [0.25, 0.3) is 5.91 Å². The third-order valence-electron chi connectivity index (χ3n) is 3.60. The number of carboxylic acid groups (broad SMARTS) is 1. The molecular formula is C18H16F3NO4. The number of carbonyl (C=O) groups is 2. The van der Waals surface area contributed by atoms with Crippen LogP contribution in [0.3, 0.4) is 0 Å². The van der Waals surface area contributed by atoms with Gasteiger partial charge < -0.3 is 15.2 Å². The van der Waals surface area contributed by atoms with E-state index in [-0.39, 0.29) is 24.3 Å². The van der Waals surface area contributed by atoms with Gasteiger partial charge in [-0.05, 0) is 35.4 Å². The average Bonchev–Trinajstić information content (AvgIpc) is 2.58. The largest absolute Gasteiger partial charge is 0.496 e. The minimum Gasteiger partial charge on any atom is -0.496 e. The van der Waals surface area contributed by atoms with Crippen LogP contribution in [0, 0.1) is 0 Å². The minimum absolute atomic E-state index is 0.0171. The summed E-state index contributed by atoms with van der Waals surface area (Å²) in [5.41, 5.74) is 0.304. The Balaban J connectivity index is 2.10. The van der Waals surface area contributed by atoms with E-state index in [4.69, 9.17) is 9.84 Å². The van der Waals surface area contributed by atoms with Gasteiger partial charge in [-0.15, -0.1) is 0 Å². The molecular weight excluding hydrogens is 351 g/mol. The smallest absolute Gasteiger partial charge is 0.416 e. The van der Waals surface area contributed by atoms with Crippen LogP contribution in [0.5, 0.6) is 5.75 Å². The van der Waals surface area contributed by atoms with E-state index in [1.807, 2.05) is 0 Å². The quantitative estimate of drug-likeness (QED) is 0.822. The maximum Gasteiger partial charge on any atom is 0.416 e. The van der Waals surface area contributed by atoms with Crippen LogP contribution in [0.1, 0.15) is 27.0 Å². The molecule has 2 N–H and O–H groups in total. The molecule has 0 aromatic heterocycles. The summed E-state index contributed by atoms with van der Waals surface area (Å²) in [6.45, 7) is 0.0171. The van der Waals surface area contributed by atoms with E-state index >= 15 is 0 Å². The maximum atomic E-state index is 12.5. The van der Waals surface area contributed by atoms with Crippen molar-refractivity contribution >= 4 is 11.9 Å². The first-order valence-corrected chi connectivity index (χ1v) is 7.53. The lowest BCUT2D eigenvalue weighted by atomic mass is 10.1. The first-order chi connectivity index (χ1) is 12.2. The van der Waals surface area contributed by atoms with E-state index in [1.54, 1.807) is 6.07 Å². The van der Waals surface area contributed by atoms with Crippen LogP contribution in [-0.4, -0.2) is 24.1 Å². The molecule has 2 aromatic carbocycles. The molecule has 5 nitrogen and oxygen atoms in total. The summed E-state index contributed by atoms with van der Waals surface area (Å²) in [4.78, 5) is 23.1. The second kappa shape index (κ2) is 7.90. The number of rotatable bonds is 6. The summed E-state index contributed by atoms with van der Waals surface area (Å²) in [6.07, 6.45) is -4.66. The van der Waals surface area contributed by atoms with Crippen molar-refractivity contribution in [3.05, 3.63) is 64.7 Å². The fourth-order valence-electron chi connectivity index (χ4n) is 2.31. The topological polar surface area (TPSA) is 75.6 Å². The molecule has 0 aliphatic heterocycles. The molecule has 0 radical (unpaired) electrons. The molecule has 0 saturated carbocycles. The standard InChI is InChI=1S/C18H16F3NO4/c1-26-15-7-4-12(9-16(23)24)8-14(15)17(25)22-10-11-2-5-13(6-3-11)18(19,20)21/h2-8H,9-10H2,1H3,(H,22,25)(H,23,24). The Morgan fingerprint density at radius 1 is 1.08 bits per heavy atom. The average molecular weight is 367 g/mol. The Morgan fingerprint density at radius 3 is 2.23 bits per heavy atom. The van der Waals surface area contributed by atoms with Gasteiger partial charge in [0.1, 0.15) is 5.75 Å². The monoisotopic (exact) mass is 367 g/mol. The molecule has 0 aliphatic rings. The van der Waals surface area contributed by atoms with Crippen LogP contribution >= 0.6 is 0 Å². The molecule has 0 fully saturated rings. The van der Waals surface area contributed by atoms with E-state index < -0.39 is 23.6 Å². The molecule has 2 aromatic rings. The summed E-state index contributed by atoms with van der Waals surface area (Å²) in [6, 6.07) is 8.88. The van der Waals surface area contributed by atoms with Gasteiger partial charge >= 0.3 is 12.1 Å². The van der Waals surface area contributed by atoms with E-state index in [2.05, 4.69) is 5.32 Å². The van der Waals surface area contributed by atoms with Crippen molar-refractivity contribution in [2.24, 2.45) is 0 Å². The highest BCUT2D eigenvalue weighted by molar-refractivity contribution is 5.97. The molecule has 0 aliphatic carbocycles. The van der Waals surface area contributed by atoms with E-state index in [9.17, 15) is 22.8 Å². The highest BCUT2D eigenvalue weighted by Gasteiger charge is 2.29. The highest BCUT2D eigenvalue weighted by atomic mass is 19.4. The van der Waals surface area contributed by atoms with Crippen molar-refractivity contribution in [3.8, 4) is 5.75 Å². The normalized spacial score (nSPS) is 11.1. The second-order valence-electron chi connectivity index (χ2n) is 5.48. The lowest BCUT2D eigenvalue weighted by molar-refractivity contribution is -0.138. The number of hydrogen-bond acceptors (Lipinski definition) is 3. The summed E-state index contributed by atoms with van der Waals surface area (Å²) in [7, 11) is 1.37. The highest BCUT2D eigenvalue weighted by Crippen LogP contribution is 2.29. The number of ether oxygens (including phenoxy) is 1. The number of alkyl halides is 3. The fourth-order valence-corrected chi connectivity index (χ4v) is 2.31. The van der Waals surface area contributed by atoms with Crippen LogP contribution in [-0.2, 0) is 23.9 Å². The van der Waals surface area contributed by atoms with Crippen molar-refractivity contribution in [1.29, 1.82) is 0 Å². The van der Waals surface area contributed by atoms with Crippen LogP contribution < -0.4 is 10.1 Å². The third kappa shape index (κ3) is 4.98. The number of halogens is 3. The number of carboxylic acids is 1. The van der Waals surface area contributed by atoms with Gasteiger partial charge in [0.2, 0.25) is 0 Å². The SMILES string of the molecule is COc1ccc(CC(=O)O)cc1C(=O)NCc1ccc(C(F)(F)F)cc1. The molecule has 0 bridgehead atoms. The Hall–Kier alpha value is -3.03. The van der Waals surface area contributed by atoms with Gasteiger partial charge in [0, 0.05) is 6.54 Å². The number of hydrogen-bond donors (Lipinski definition) is 2. The molecule has 2 rings (SSSR count). The van der Waals surface area contributed by atoms with Crippen LogP contribution in [0.15, 0.2) is 42.5 Å². The van der Waals surface area contributed by atoms with Crippen molar-refractivity contribution in [1.82, 2.24) is 5.32 Å². The Labute approximate surface area is 147 Å². The third-order valence-corrected chi connectivity index (χ3v) is 3.60. The maximum absolute atomic E-state index is 12.5. The number of methoxy groups -OCH3 is 1. The molecule has 138 valence electrons. The van der Waals surface area contributed by atoms with Crippen molar-refractivity contribution < 1.29 is 32.6 Å². The Kier molecular flexibility index (Phi) is 5.86. The molecule has 0 heterocycles. The van der Waals surface area contributed by atoms with Crippen LogP contribution in [0.25, 0.3) is 0 Å².